The van der Waals surface area contributed by atoms with E-state index in [-0.39, 0.29) is 18.6 Å². The average molecular weight is 274 g/mol. The fourth-order valence-electron chi connectivity index (χ4n) is 2.32. The Balaban J connectivity index is 1.68. The summed E-state index contributed by atoms with van der Waals surface area (Å²) in [5, 5.41) is 20.9. The van der Waals surface area contributed by atoms with Gasteiger partial charge in [0.1, 0.15) is 5.75 Å². The first-order valence-electron chi connectivity index (χ1n) is 6.75. The Labute approximate surface area is 118 Å². The Hall–Kier alpha value is -2.06. The summed E-state index contributed by atoms with van der Waals surface area (Å²) < 4.78 is 5.33. The van der Waals surface area contributed by atoms with E-state index in [2.05, 4.69) is 5.32 Å². The highest BCUT2D eigenvalue weighted by Crippen LogP contribution is 2.24. The number of rotatable bonds is 5. The average Bonchev–Trinajstić information content (AvgIpc) is 2.89. The predicted octanol–water partition coefficient (Wildman–Crippen LogP) is 1.21. The number of nitrogens with zero attached hydrogens (tertiary/aromatic N) is 1. The molecule has 2 rings (SSSR count). The summed E-state index contributed by atoms with van der Waals surface area (Å²) in [6.07, 6.45) is 2.32. The van der Waals surface area contributed by atoms with Crippen molar-refractivity contribution in [3.8, 4) is 11.8 Å². The number of hydrogen-bond acceptors (Lipinski definition) is 4. The summed E-state index contributed by atoms with van der Waals surface area (Å²) in [7, 11) is 0. The van der Waals surface area contributed by atoms with Gasteiger partial charge in [0.25, 0.3) is 5.91 Å². The third-order valence-electron chi connectivity index (χ3n) is 3.45. The molecule has 2 atom stereocenters. The summed E-state index contributed by atoms with van der Waals surface area (Å²) in [6.45, 7) is 0.549. The van der Waals surface area contributed by atoms with Crippen LogP contribution >= 0.6 is 0 Å². The fourth-order valence-corrected chi connectivity index (χ4v) is 2.32. The van der Waals surface area contributed by atoms with Crippen LogP contribution in [0.2, 0.25) is 0 Å². The number of aliphatic hydroxyl groups excluding tert-OH is 1. The lowest BCUT2D eigenvalue weighted by molar-refractivity contribution is -0.123. The third-order valence-corrected chi connectivity index (χ3v) is 3.45. The summed E-state index contributed by atoms with van der Waals surface area (Å²) in [4.78, 5) is 11.6. The van der Waals surface area contributed by atoms with Crippen molar-refractivity contribution in [3.05, 3.63) is 29.8 Å². The number of carbonyl (C=O) groups excluding carboxylic acids is 1. The fraction of sp³-hybridized carbons (Fsp3) is 0.467. The van der Waals surface area contributed by atoms with Gasteiger partial charge in [0, 0.05) is 6.54 Å². The zero-order valence-electron chi connectivity index (χ0n) is 11.2. The maximum Gasteiger partial charge on any atom is 0.257 e. The van der Waals surface area contributed by atoms with Crippen LogP contribution in [0.25, 0.3) is 0 Å². The van der Waals surface area contributed by atoms with E-state index in [9.17, 15) is 9.90 Å². The van der Waals surface area contributed by atoms with Crippen molar-refractivity contribution in [2.45, 2.75) is 25.4 Å². The molecule has 1 aliphatic carbocycles. The van der Waals surface area contributed by atoms with Crippen LogP contribution in [0, 0.1) is 17.2 Å². The van der Waals surface area contributed by atoms with Gasteiger partial charge >= 0.3 is 0 Å². The van der Waals surface area contributed by atoms with Crippen LogP contribution in [0.15, 0.2) is 24.3 Å². The molecule has 5 heteroatoms. The highest BCUT2D eigenvalue weighted by Gasteiger charge is 2.22. The molecule has 2 N–H and O–H groups in total. The zero-order chi connectivity index (χ0) is 14.4. The Morgan fingerprint density at radius 2 is 2.15 bits per heavy atom. The Bertz CT molecular complexity index is 493. The first-order valence-corrected chi connectivity index (χ1v) is 6.75. The molecule has 1 aliphatic rings. The normalized spacial score (nSPS) is 21.2. The first-order chi connectivity index (χ1) is 9.67. The smallest absolute Gasteiger partial charge is 0.257 e. The summed E-state index contributed by atoms with van der Waals surface area (Å²) >= 11 is 0. The lowest BCUT2D eigenvalue weighted by atomic mass is 10.1. The number of carbonyl (C=O) groups is 1. The van der Waals surface area contributed by atoms with Crippen molar-refractivity contribution in [1.82, 2.24) is 5.32 Å². The van der Waals surface area contributed by atoms with E-state index in [1.807, 2.05) is 6.07 Å². The van der Waals surface area contributed by atoms with Crippen LogP contribution in [-0.4, -0.2) is 30.3 Å². The number of amides is 1. The highest BCUT2D eigenvalue weighted by atomic mass is 16.5. The Kier molecular flexibility index (Phi) is 4.97. The molecule has 1 fully saturated rings. The maximum atomic E-state index is 11.6. The number of nitrogens with one attached hydrogen (secondary N) is 1. The molecule has 0 heterocycles. The molecule has 0 spiro atoms. The van der Waals surface area contributed by atoms with E-state index in [1.54, 1.807) is 24.3 Å². The van der Waals surface area contributed by atoms with Crippen molar-refractivity contribution in [3.63, 3.8) is 0 Å². The molecular weight excluding hydrogens is 256 g/mol. The van der Waals surface area contributed by atoms with Crippen LogP contribution in [0.5, 0.6) is 5.75 Å². The SMILES string of the molecule is N#Cc1ccc(OCC(=O)NCC2CCC(O)C2)cc1. The minimum atomic E-state index is -0.216. The van der Waals surface area contributed by atoms with E-state index in [4.69, 9.17) is 10.00 Å². The van der Waals surface area contributed by atoms with Gasteiger partial charge in [0.15, 0.2) is 6.61 Å². The standard InChI is InChI=1S/C15H18N2O3/c16-8-11-2-5-14(6-3-11)20-10-15(19)17-9-12-1-4-13(18)7-12/h2-3,5-6,12-13,18H,1,4,7,9-10H2,(H,17,19). The molecular formula is C15H18N2O3. The highest BCUT2D eigenvalue weighted by molar-refractivity contribution is 5.77. The molecule has 0 radical (unpaired) electrons. The number of benzene rings is 1. The van der Waals surface area contributed by atoms with Crippen LogP contribution in [0.1, 0.15) is 24.8 Å². The lowest BCUT2D eigenvalue weighted by Gasteiger charge is -2.11. The second-order valence-electron chi connectivity index (χ2n) is 5.06. The van der Waals surface area contributed by atoms with Gasteiger partial charge in [0.2, 0.25) is 0 Å². The van der Waals surface area contributed by atoms with Crippen molar-refractivity contribution in [2.75, 3.05) is 13.2 Å². The molecule has 1 amide bonds. The second-order valence-corrected chi connectivity index (χ2v) is 5.06. The van der Waals surface area contributed by atoms with Gasteiger partial charge in [-0.2, -0.15) is 5.26 Å². The number of hydrogen-bond donors (Lipinski definition) is 2. The molecule has 0 aliphatic heterocycles. The molecule has 2 unspecified atom stereocenters. The van der Waals surface area contributed by atoms with Gasteiger partial charge in [0.05, 0.1) is 17.7 Å². The van der Waals surface area contributed by atoms with Gasteiger partial charge in [-0.25, -0.2) is 0 Å². The van der Waals surface area contributed by atoms with E-state index >= 15 is 0 Å². The lowest BCUT2D eigenvalue weighted by Crippen LogP contribution is -2.32. The van der Waals surface area contributed by atoms with E-state index < -0.39 is 0 Å². The van der Waals surface area contributed by atoms with Crippen LogP contribution in [-0.2, 0) is 4.79 Å². The van der Waals surface area contributed by atoms with Gasteiger partial charge in [-0.15, -0.1) is 0 Å². The minimum Gasteiger partial charge on any atom is -0.484 e. The van der Waals surface area contributed by atoms with Crippen molar-refractivity contribution < 1.29 is 14.6 Å². The Morgan fingerprint density at radius 3 is 2.75 bits per heavy atom. The maximum absolute atomic E-state index is 11.6. The predicted molar refractivity (Wildman–Crippen MR) is 73.0 cm³/mol. The zero-order valence-corrected chi connectivity index (χ0v) is 11.2. The van der Waals surface area contributed by atoms with E-state index in [0.29, 0.717) is 23.8 Å². The van der Waals surface area contributed by atoms with Crippen molar-refractivity contribution >= 4 is 5.91 Å². The van der Waals surface area contributed by atoms with Crippen LogP contribution in [0.3, 0.4) is 0 Å². The number of ether oxygens (including phenoxy) is 1. The number of aliphatic hydroxyl groups is 1. The minimum absolute atomic E-state index is 0.0405. The molecule has 20 heavy (non-hydrogen) atoms. The molecule has 0 bridgehead atoms. The summed E-state index contributed by atoms with van der Waals surface area (Å²) in [6, 6.07) is 8.64. The van der Waals surface area contributed by atoms with Crippen LogP contribution in [0.4, 0.5) is 0 Å². The van der Waals surface area contributed by atoms with E-state index in [1.165, 1.54) is 0 Å². The van der Waals surface area contributed by atoms with Crippen molar-refractivity contribution in [2.24, 2.45) is 5.92 Å². The monoisotopic (exact) mass is 274 g/mol. The van der Waals surface area contributed by atoms with Gasteiger partial charge in [-0.3, -0.25) is 4.79 Å². The van der Waals surface area contributed by atoms with E-state index in [0.717, 1.165) is 19.3 Å². The molecule has 5 nitrogen and oxygen atoms in total. The largest absolute Gasteiger partial charge is 0.484 e. The van der Waals surface area contributed by atoms with Crippen molar-refractivity contribution in [1.29, 1.82) is 5.26 Å². The number of nitriles is 1. The molecule has 0 saturated heterocycles. The Morgan fingerprint density at radius 1 is 1.40 bits per heavy atom. The van der Waals surface area contributed by atoms with Gasteiger partial charge < -0.3 is 15.2 Å². The molecule has 106 valence electrons. The quantitative estimate of drug-likeness (QED) is 0.845. The topological polar surface area (TPSA) is 82.3 Å². The molecule has 1 aromatic carbocycles. The summed E-state index contributed by atoms with van der Waals surface area (Å²) in [5.41, 5.74) is 0.557. The summed E-state index contributed by atoms with van der Waals surface area (Å²) in [5.74, 6) is 0.759. The van der Waals surface area contributed by atoms with Gasteiger partial charge in [-0.1, -0.05) is 0 Å². The molecule has 1 saturated carbocycles. The third kappa shape index (κ3) is 4.25. The first kappa shape index (κ1) is 14.4. The second kappa shape index (κ2) is 6.92. The molecule has 0 aromatic heterocycles. The van der Waals surface area contributed by atoms with Gasteiger partial charge in [-0.05, 0) is 49.4 Å². The molecule has 1 aromatic rings. The van der Waals surface area contributed by atoms with Crippen LogP contribution < -0.4 is 10.1 Å².